The van der Waals surface area contributed by atoms with Gasteiger partial charge in [-0.25, -0.2) is 0 Å². The molecule has 0 saturated carbocycles. The predicted octanol–water partition coefficient (Wildman–Crippen LogP) is 2.62. The first-order valence-corrected chi connectivity index (χ1v) is 5.89. The van der Waals surface area contributed by atoms with E-state index in [0.29, 0.717) is 23.2 Å². The molecular weight excluding hydrogens is 271 g/mol. The van der Waals surface area contributed by atoms with Crippen LogP contribution in [0.4, 0.5) is 18.9 Å². The molecule has 0 fully saturated rings. The summed E-state index contributed by atoms with van der Waals surface area (Å²) in [7, 11) is 0. The predicted molar refractivity (Wildman–Crippen MR) is 69.1 cm³/mol. The number of halogens is 3. The van der Waals surface area contributed by atoms with Crippen LogP contribution in [0.1, 0.15) is 24.0 Å². The highest BCUT2D eigenvalue weighted by Crippen LogP contribution is 2.22. The van der Waals surface area contributed by atoms with Crippen LogP contribution in [0.25, 0.3) is 0 Å². The minimum absolute atomic E-state index is 0.0615. The molecule has 6 heteroatoms. The molecule has 0 bridgehead atoms. The number of nitrogens with one attached hydrogen (secondary N) is 1. The van der Waals surface area contributed by atoms with Crippen molar-refractivity contribution in [2.45, 2.75) is 25.9 Å². The van der Waals surface area contributed by atoms with E-state index in [1.807, 2.05) is 0 Å². The molecule has 0 heterocycles. The number of amides is 1. The summed E-state index contributed by atoms with van der Waals surface area (Å²) in [5.41, 5.74) is 1.51. The van der Waals surface area contributed by atoms with Gasteiger partial charge in [0.05, 0.1) is 6.61 Å². The van der Waals surface area contributed by atoms with Crippen LogP contribution in [0.3, 0.4) is 0 Å². The average molecular weight is 285 g/mol. The minimum atomic E-state index is -4.53. The highest BCUT2D eigenvalue weighted by molar-refractivity contribution is 5.92. The van der Waals surface area contributed by atoms with Gasteiger partial charge in [-0.15, -0.1) is 0 Å². The topological polar surface area (TPSA) is 49.3 Å². The second kappa shape index (κ2) is 6.96. The van der Waals surface area contributed by atoms with Crippen molar-refractivity contribution in [1.29, 1.82) is 0 Å². The number of alkyl halides is 3. The Balaban J connectivity index is 2.82. The van der Waals surface area contributed by atoms with Crippen LogP contribution in [-0.4, -0.2) is 23.8 Å². The fourth-order valence-corrected chi connectivity index (χ4v) is 1.43. The molecule has 0 saturated heterocycles. The number of anilines is 1. The molecule has 20 heavy (non-hydrogen) atoms. The molecule has 108 valence electrons. The number of aliphatic hydroxyl groups excluding tert-OH is 1. The van der Waals surface area contributed by atoms with Crippen molar-refractivity contribution in [3.63, 3.8) is 0 Å². The van der Waals surface area contributed by atoms with E-state index in [1.54, 1.807) is 19.1 Å². The van der Waals surface area contributed by atoms with E-state index in [-0.39, 0.29) is 6.61 Å². The van der Waals surface area contributed by atoms with Crippen molar-refractivity contribution < 1.29 is 23.1 Å². The fraction of sp³-hybridized carbons (Fsp3) is 0.357. The lowest BCUT2D eigenvalue weighted by Gasteiger charge is -2.10. The van der Waals surface area contributed by atoms with Crippen LogP contribution in [0, 0.1) is 18.8 Å². The molecule has 1 amide bonds. The Morgan fingerprint density at radius 2 is 2.10 bits per heavy atom. The maximum Gasteiger partial charge on any atom is 0.397 e. The third-order valence-corrected chi connectivity index (χ3v) is 2.34. The third-order valence-electron chi connectivity index (χ3n) is 2.34. The van der Waals surface area contributed by atoms with Crippen molar-refractivity contribution in [1.82, 2.24) is 0 Å². The monoisotopic (exact) mass is 285 g/mol. The van der Waals surface area contributed by atoms with Gasteiger partial charge in [0, 0.05) is 17.7 Å². The molecule has 0 unspecified atom stereocenters. The van der Waals surface area contributed by atoms with Gasteiger partial charge in [-0.1, -0.05) is 17.9 Å². The van der Waals surface area contributed by atoms with Gasteiger partial charge in [-0.3, -0.25) is 4.79 Å². The van der Waals surface area contributed by atoms with Gasteiger partial charge >= 0.3 is 6.18 Å². The van der Waals surface area contributed by atoms with E-state index in [2.05, 4.69) is 17.2 Å². The number of hydrogen-bond donors (Lipinski definition) is 2. The molecule has 1 rings (SSSR count). The number of carbonyl (C=O) groups excluding carboxylic acids is 1. The SMILES string of the molecule is Cc1ccc(C#CCCO)cc1NC(=O)CC(F)(F)F. The molecule has 2 N–H and O–H groups in total. The van der Waals surface area contributed by atoms with E-state index in [9.17, 15) is 18.0 Å². The van der Waals surface area contributed by atoms with Gasteiger partial charge < -0.3 is 10.4 Å². The van der Waals surface area contributed by atoms with Gasteiger partial charge in [0.1, 0.15) is 6.42 Å². The molecule has 0 aliphatic carbocycles. The summed E-state index contributed by atoms with van der Waals surface area (Å²) in [4.78, 5) is 11.3. The van der Waals surface area contributed by atoms with E-state index < -0.39 is 18.5 Å². The highest BCUT2D eigenvalue weighted by atomic mass is 19.4. The molecule has 0 spiro atoms. The van der Waals surface area contributed by atoms with E-state index in [0.717, 1.165) is 0 Å². The lowest BCUT2D eigenvalue weighted by Crippen LogP contribution is -2.21. The van der Waals surface area contributed by atoms with Gasteiger partial charge in [-0.05, 0) is 24.6 Å². The largest absolute Gasteiger partial charge is 0.397 e. The Morgan fingerprint density at radius 1 is 1.40 bits per heavy atom. The van der Waals surface area contributed by atoms with Crippen molar-refractivity contribution in [2.75, 3.05) is 11.9 Å². The highest BCUT2D eigenvalue weighted by Gasteiger charge is 2.31. The van der Waals surface area contributed by atoms with Crippen LogP contribution in [0.2, 0.25) is 0 Å². The molecule has 3 nitrogen and oxygen atoms in total. The summed E-state index contributed by atoms with van der Waals surface area (Å²) >= 11 is 0. The van der Waals surface area contributed by atoms with E-state index in [4.69, 9.17) is 5.11 Å². The van der Waals surface area contributed by atoms with Crippen molar-refractivity contribution in [3.05, 3.63) is 29.3 Å². The number of carbonyl (C=O) groups is 1. The van der Waals surface area contributed by atoms with E-state index >= 15 is 0 Å². The summed E-state index contributed by atoms with van der Waals surface area (Å²) < 4.78 is 36.3. The normalized spacial score (nSPS) is 10.7. The van der Waals surface area contributed by atoms with Crippen molar-refractivity contribution >= 4 is 11.6 Å². The quantitative estimate of drug-likeness (QED) is 0.839. The van der Waals surface area contributed by atoms with Crippen molar-refractivity contribution in [2.24, 2.45) is 0 Å². The van der Waals surface area contributed by atoms with Crippen molar-refractivity contribution in [3.8, 4) is 11.8 Å². The third kappa shape index (κ3) is 5.76. The first-order chi connectivity index (χ1) is 9.31. The summed E-state index contributed by atoms with van der Waals surface area (Å²) in [6.07, 6.45) is -5.74. The second-order valence-electron chi connectivity index (χ2n) is 4.15. The molecule has 1 aromatic carbocycles. The smallest absolute Gasteiger partial charge is 0.395 e. The van der Waals surface area contributed by atoms with Gasteiger partial charge in [-0.2, -0.15) is 13.2 Å². The Bertz CT molecular complexity index is 542. The zero-order chi connectivity index (χ0) is 15.2. The lowest BCUT2D eigenvalue weighted by atomic mass is 10.1. The molecular formula is C14H14F3NO2. The summed E-state index contributed by atoms with van der Waals surface area (Å²) in [6, 6.07) is 4.86. The number of aliphatic hydroxyl groups is 1. The standard InChI is InChI=1S/C14H14F3NO2/c1-10-5-6-11(4-2-3-7-19)8-12(10)18-13(20)9-14(15,16)17/h5-6,8,19H,3,7,9H2,1H3,(H,18,20). The summed E-state index contributed by atoms with van der Waals surface area (Å²) in [5, 5.41) is 10.8. The first kappa shape index (κ1) is 16.1. The van der Waals surface area contributed by atoms with Crippen LogP contribution < -0.4 is 5.32 Å². The zero-order valence-corrected chi connectivity index (χ0v) is 10.8. The van der Waals surface area contributed by atoms with Crippen LogP contribution in [-0.2, 0) is 4.79 Å². The Morgan fingerprint density at radius 3 is 2.70 bits per heavy atom. The number of rotatable bonds is 3. The maximum absolute atomic E-state index is 12.1. The number of benzene rings is 1. The van der Waals surface area contributed by atoms with Gasteiger partial charge in [0.15, 0.2) is 0 Å². The van der Waals surface area contributed by atoms with Crippen LogP contribution in [0.15, 0.2) is 18.2 Å². The van der Waals surface area contributed by atoms with E-state index in [1.165, 1.54) is 6.07 Å². The zero-order valence-electron chi connectivity index (χ0n) is 10.8. The minimum Gasteiger partial charge on any atom is -0.395 e. The molecule has 0 aromatic heterocycles. The van der Waals surface area contributed by atoms with Gasteiger partial charge in [0.2, 0.25) is 5.91 Å². The molecule has 1 aromatic rings. The first-order valence-electron chi connectivity index (χ1n) is 5.89. The molecule has 0 aliphatic rings. The second-order valence-corrected chi connectivity index (χ2v) is 4.15. The van der Waals surface area contributed by atoms with Crippen LogP contribution in [0.5, 0.6) is 0 Å². The summed E-state index contributed by atoms with van der Waals surface area (Å²) in [5.74, 6) is 4.34. The fourth-order valence-electron chi connectivity index (χ4n) is 1.43. The Kier molecular flexibility index (Phi) is 5.59. The van der Waals surface area contributed by atoms with Crippen LogP contribution >= 0.6 is 0 Å². The van der Waals surface area contributed by atoms with Gasteiger partial charge in [0.25, 0.3) is 0 Å². The molecule has 0 radical (unpaired) electrons. The average Bonchev–Trinajstić information content (AvgIpc) is 2.31. The Hall–Kier alpha value is -2.00. The molecule has 0 aliphatic heterocycles. The summed E-state index contributed by atoms with van der Waals surface area (Å²) in [6.45, 7) is 1.61. The maximum atomic E-state index is 12.1. The molecule has 0 atom stereocenters. The lowest BCUT2D eigenvalue weighted by molar-refractivity contribution is -0.150. The Labute approximate surface area is 114 Å². The number of hydrogen-bond acceptors (Lipinski definition) is 2. The number of aryl methyl sites for hydroxylation is 1.